The van der Waals surface area contributed by atoms with Crippen LogP contribution in [0.2, 0.25) is 5.02 Å². The van der Waals surface area contributed by atoms with E-state index in [4.69, 9.17) is 11.6 Å². The normalized spacial score (nSPS) is 10.4. The smallest absolute Gasteiger partial charge is 0.250 e. The van der Waals surface area contributed by atoms with E-state index in [1.54, 1.807) is 30.5 Å². The standard InChI is InChI=1S/C12H9ClFNO/c13-10-5-4-9(11(14)7-10)8-15-6-2-1-3-12(15)16/h1-7H,8H2. The number of aromatic nitrogens is 1. The molecular weight excluding hydrogens is 229 g/mol. The lowest BCUT2D eigenvalue weighted by molar-refractivity contribution is 0.596. The minimum atomic E-state index is -0.400. The molecule has 2 aromatic rings. The Morgan fingerprint density at radius 2 is 2.06 bits per heavy atom. The molecule has 2 nitrogen and oxygen atoms in total. The van der Waals surface area contributed by atoms with Crippen molar-refractivity contribution < 1.29 is 4.39 Å². The quantitative estimate of drug-likeness (QED) is 0.787. The SMILES string of the molecule is O=c1ccccn1Cc1ccc(Cl)cc1F. The number of hydrogen-bond donors (Lipinski definition) is 0. The van der Waals surface area contributed by atoms with E-state index in [0.717, 1.165) is 0 Å². The molecule has 0 saturated carbocycles. The molecule has 0 spiro atoms. The molecule has 0 radical (unpaired) electrons. The van der Waals surface area contributed by atoms with Crippen molar-refractivity contribution in [1.82, 2.24) is 4.57 Å². The number of halogens is 2. The molecular formula is C12H9ClFNO. The molecule has 0 fully saturated rings. The molecule has 1 heterocycles. The zero-order chi connectivity index (χ0) is 11.5. The third-order valence-corrected chi connectivity index (χ3v) is 2.49. The number of hydrogen-bond acceptors (Lipinski definition) is 1. The van der Waals surface area contributed by atoms with Gasteiger partial charge in [-0.1, -0.05) is 23.7 Å². The average molecular weight is 238 g/mol. The third kappa shape index (κ3) is 2.31. The largest absolute Gasteiger partial charge is 0.311 e. The van der Waals surface area contributed by atoms with E-state index in [0.29, 0.717) is 10.6 Å². The van der Waals surface area contributed by atoms with E-state index in [1.807, 2.05) is 0 Å². The Balaban J connectivity index is 2.35. The Labute approximate surface area is 96.9 Å². The van der Waals surface area contributed by atoms with Gasteiger partial charge in [-0.15, -0.1) is 0 Å². The summed E-state index contributed by atoms with van der Waals surface area (Å²) in [5.74, 6) is -0.400. The van der Waals surface area contributed by atoms with Gasteiger partial charge >= 0.3 is 0 Å². The number of benzene rings is 1. The maximum absolute atomic E-state index is 13.5. The van der Waals surface area contributed by atoms with Crippen LogP contribution in [0.4, 0.5) is 4.39 Å². The maximum atomic E-state index is 13.5. The van der Waals surface area contributed by atoms with Gasteiger partial charge < -0.3 is 4.57 Å². The van der Waals surface area contributed by atoms with E-state index in [-0.39, 0.29) is 12.1 Å². The highest BCUT2D eigenvalue weighted by Gasteiger charge is 2.04. The van der Waals surface area contributed by atoms with Crippen LogP contribution in [-0.2, 0) is 6.54 Å². The summed E-state index contributed by atoms with van der Waals surface area (Å²) in [6.45, 7) is 0.211. The Bertz CT molecular complexity index is 565. The Kier molecular flexibility index (Phi) is 3.06. The Morgan fingerprint density at radius 3 is 2.75 bits per heavy atom. The first-order valence-corrected chi connectivity index (χ1v) is 5.14. The molecule has 0 N–H and O–H groups in total. The van der Waals surface area contributed by atoms with Crippen LogP contribution in [0.15, 0.2) is 47.4 Å². The fraction of sp³-hybridized carbons (Fsp3) is 0.0833. The van der Waals surface area contributed by atoms with Crippen molar-refractivity contribution >= 4 is 11.6 Å². The molecule has 0 aliphatic heterocycles. The number of nitrogens with zero attached hydrogens (tertiary/aromatic N) is 1. The van der Waals surface area contributed by atoms with E-state index >= 15 is 0 Å². The lowest BCUT2D eigenvalue weighted by Gasteiger charge is -2.06. The van der Waals surface area contributed by atoms with Crippen molar-refractivity contribution in [2.75, 3.05) is 0 Å². The Hall–Kier alpha value is -1.61. The minimum Gasteiger partial charge on any atom is -0.311 e. The van der Waals surface area contributed by atoms with Crippen LogP contribution in [-0.4, -0.2) is 4.57 Å². The molecule has 16 heavy (non-hydrogen) atoms. The molecule has 1 aromatic carbocycles. The molecule has 4 heteroatoms. The van der Waals surface area contributed by atoms with Crippen LogP contribution in [0.1, 0.15) is 5.56 Å². The van der Waals surface area contributed by atoms with Gasteiger partial charge in [0.15, 0.2) is 0 Å². The van der Waals surface area contributed by atoms with E-state index in [9.17, 15) is 9.18 Å². The lowest BCUT2D eigenvalue weighted by atomic mass is 10.2. The molecule has 0 saturated heterocycles. The van der Waals surface area contributed by atoms with Crippen LogP contribution in [0, 0.1) is 5.82 Å². The summed E-state index contributed by atoms with van der Waals surface area (Å²) in [6, 6.07) is 9.25. The van der Waals surface area contributed by atoms with Gasteiger partial charge in [-0.2, -0.15) is 0 Å². The monoisotopic (exact) mass is 237 g/mol. The van der Waals surface area contributed by atoms with Crippen molar-refractivity contribution in [3.05, 3.63) is 69.4 Å². The first kappa shape index (κ1) is 10.9. The van der Waals surface area contributed by atoms with E-state index in [2.05, 4.69) is 0 Å². The molecule has 82 valence electrons. The predicted octanol–water partition coefficient (Wildman–Crippen LogP) is 2.69. The average Bonchev–Trinajstić information content (AvgIpc) is 2.25. The van der Waals surface area contributed by atoms with Crippen molar-refractivity contribution in [2.24, 2.45) is 0 Å². The summed E-state index contributed by atoms with van der Waals surface area (Å²) in [7, 11) is 0. The fourth-order valence-electron chi connectivity index (χ4n) is 1.42. The van der Waals surface area contributed by atoms with Gasteiger partial charge in [0.25, 0.3) is 5.56 Å². The van der Waals surface area contributed by atoms with Crippen LogP contribution >= 0.6 is 11.6 Å². The Morgan fingerprint density at radius 1 is 1.25 bits per heavy atom. The van der Waals surface area contributed by atoms with Gasteiger partial charge in [-0.3, -0.25) is 4.79 Å². The van der Waals surface area contributed by atoms with Crippen LogP contribution < -0.4 is 5.56 Å². The summed E-state index contributed by atoms with van der Waals surface area (Å²) >= 11 is 5.64. The first-order valence-electron chi connectivity index (χ1n) is 4.76. The molecule has 2 rings (SSSR count). The van der Waals surface area contributed by atoms with Gasteiger partial charge in [-0.05, 0) is 18.2 Å². The zero-order valence-electron chi connectivity index (χ0n) is 8.36. The summed E-state index contributed by atoms with van der Waals surface area (Å²) in [6.07, 6.45) is 1.62. The van der Waals surface area contributed by atoms with Gasteiger partial charge in [0, 0.05) is 22.8 Å². The van der Waals surface area contributed by atoms with Crippen molar-refractivity contribution in [2.45, 2.75) is 6.54 Å². The zero-order valence-corrected chi connectivity index (χ0v) is 9.12. The van der Waals surface area contributed by atoms with Gasteiger partial charge in [-0.25, -0.2) is 4.39 Å². The second-order valence-corrected chi connectivity index (χ2v) is 3.84. The van der Waals surface area contributed by atoms with Gasteiger partial charge in [0.2, 0.25) is 0 Å². The second-order valence-electron chi connectivity index (χ2n) is 3.40. The highest BCUT2D eigenvalue weighted by Crippen LogP contribution is 2.14. The van der Waals surface area contributed by atoms with Crippen LogP contribution in [0.25, 0.3) is 0 Å². The van der Waals surface area contributed by atoms with Crippen molar-refractivity contribution in [1.29, 1.82) is 0 Å². The summed E-state index contributed by atoms with van der Waals surface area (Å²) in [5.41, 5.74) is 0.287. The fourth-order valence-corrected chi connectivity index (χ4v) is 1.58. The number of pyridine rings is 1. The molecule has 0 aliphatic carbocycles. The van der Waals surface area contributed by atoms with Gasteiger partial charge in [0.1, 0.15) is 5.82 Å². The lowest BCUT2D eigenvalue weighted by Crippen LogP contribution is -2.18. The highest BCUT2D eigenvalue weighted by atomic mass is 35.5. The van der Waals surface area contributed by atoms with Crippen molar-refractivity contribution in [3.8, 4) is 0 Å². The summed E-state index contributed by atoms with van der Waals surface area (Å²) in [4.78, 5) is 11.4. The van der Waals surface area contributed by atoms with Gasteiger partial charge in [0.05, 0.1) is 6.54 Å². The van der Waals surface area contributed by atoms with E-state index < -0.39 is 5.82 Å². The molecule has 0 unspecified atom stereocenters. The highest BCUT2D eigenvalue weighted by molar-refractivity contribution is 6.30. The first-order chi connectivity index (χ1) is 7.66. The molecule has 0 aliphatic rings. The summed E-state index contributed by atoms with van der Waals surface area (Å²) in [5, 5.41) is 0.349. The summed E-state index contributed by atoms with van der Waals surface area (Å²) < 4.78 is 14.9. The molecule has 0 atom stereocenters. The van der Waals surface area contributed by atoms with E-state index in [1.165, 1.54) is 16.7 Å². The third-order valence-electron chi connectivity index (χ3n) is 2.25. The number of rotatable bonds is 2. The topological polar surface area (TPSA) is 22.0 Å². The van der Waals surface area contributed by atoms with Crippen molar-refractivity contribution in [3.63, 3.8) is 0 Å². The predicted molar refractivity (Wildman–Crippen MR) is 61.2 cm³/mol. The molecule has 1 aromatic heterocycles. The molecule has 0 amide bonds. The molecule has 0 bridgehead atoms. The van der Waals surface area contributed by atoms with Crippen LogP contribution in [0.5, 0.6) is 0 Å². The second kappa shape index (κ2) is 4.49. The van der Waals surface area contributed by atoms with Crippen LogP contribution in [0.3, 0.4) is 0 Å². The maximum Gasteiger partial charge on any atom is 0.250 e. The minimum absolute atomic E-state index is 0.156.